The van der Waals surface area contributed by atoms with E-state index < -0.39 is 48.2 Å². The first-order valence-electron chi connectivity index (χ1n) is 10.3. The number of carbonyl (C=O) groups excluding carboxylic acids is 1. The minimum Gasteiger partial charge on any atom is -0.485 e. The number of alkyl halides is 3. The summed E-state index contributed by atoms with van der Waals surface area (Å²) in [6.45, 7) is -0.461. The molecule has 1 saturated carbocycles. The molecule has 176 valence electrons. The molecule has 3 N–H and O–H groups in total. The molecule has 0 heterocycles. The quantitative estimate of drug-likeness (QED) is 0.266. The number of unbranched alkanes of at least 4 members (excludes halogenated alkanes) is 1. The zero-order valence-electron chi connectivity index (χ0n) is 17.4. The number of carboxylic acids is 1. The molecule has 4 atom stereocenters. The van der Waals surface area contributed by atoms with Crippen LogP contribution in [0.3, 0.4) is 0 Å². The van der Waals surface area contributed by atoms with Gasteiger partial charge in [-0.15, -0.1) is 0 Å². The Kier molecular flexibility index (Phi) is 9.46. The summed E-state index contributed by atoms with van der Waals surface area (Å²) in [6.07, 6.45) is 2.07. The molecule has 0 saturated heterocycles. The number of aliphatic carboxylic acids is 1. The number of halogens is 3. The van der Waals surface area contributed by atoms with Crippen LogP contribution >= 0.6 is 0 Å². The SMILES string of the molecule is O=C(O)CCC/C=C\C[C@@H]1[C@@H](/C=C/C(=O)COc2cccc(C(F)(F)F)c2)[C@H](O)C[C@@H]1O. The van der Waals surface area contributed by atoms with Crippen LogP contribution in [0.15, 0.2) is 48.6 Å². The predicted octanol–water partition coefficient (Wildman–Crippen LogP) is 3.77. The number of aliphatic hydroxyl groups is 2. The van der Waals surface area contributed by atoms with Crippen LogP contribution in [0.5, 0.6) is 5.75 Å². The summed E-state index contributed by atoms with van der Waals surface area (Å²) in [5, 5.41) is 29.0. The van der Waals surface area contributed by atoms with Gasteiger partial charge in [-0.1, -0.05) is 24.3 Å². The topological polar surface area (TPSA) is 104 Å². The fourth-order valence-corrected chi connectivity index (χ4v) is 3.63. The first kappa shape index (κ1) is 25.6. The van der Waals surface area contributed by atoms with Gasteiger partial charge in [0.05, 0.1) is 17.8 Å². The third kappa shape index (κ3) is 8.12. The average Bonchev–Trinajstić information content (AvgIpc) is 2.99. The van der Waals surface area contributed by atoms with Crippen molar-refractivity contribution in [2.75, 3.05) is 6.61 Å². The van der Waals surface area contributed by atoms with Gasteiger partial charge in [0.1, 0.15) is 5.75 Å². The number of ketones is 1. The van der Waals surface area contributed by atoms with Crippen LogP contribution in [0.25, 0.3) is 0 Å². The second-order valence-electron chi connectivity index (χ2n) is 7.74. The van der Waals surface area contributed by atoms with Crippen molar-refractivity contribution in [2.45, 2.75) is 50.5 Å². The van der Waals surface area contributed by atoms with Crippen molar-refractivity contribution in [2.24, 2.45) is 11.8 Å². The van der Waals surface area contributed by atoms with Crippen LogP contribution in [-0.4, -0.2) is 45.9 Å². The Morgan fingerprint density at radius 1 is 1.16 bits per heavy atom. The Hall–Kier alpha value is -2.65. The van der Waals surface area contributed by atoms with E-state index in [2.05, 4.69) is 0 Å². The molecule has 1 aliphatic carbocycles. The summed E-state index contributed by atoms with van der Waals surface area (Å²) in [5.74, 6) is -2.21. The van der Waals surface area contributed by atoms with Gasteiger partial charge in [0, 0.05) is 18.8 Å². The lowest BCUT2D eigenvalue weighted by Crippen LogP contribution is -2.20. The Balaban J connectivity index is 1.88. The van der Waals surface area contributed by atoms with Gasteiger partial charge in [-0.05, 0) is 49.5 Å². The number of aliphatic hydroxyl groups excluding tert-OH is 2. The molecule has 1 aliphatic rings. The summed E-state index contributed by atoms with van der Waals surface area (Å²) in [6, 6.07) is 4.23. The van der Waals surface area contributed by atoms with Crippen molar-refractivity contribution in [3.05, 3.63) is 54.1 Å². The molecule has 0 aliphatic heterocycles. The van der Waals surface area contributed by atoms with E-state index in [1.54, 1.807) is 0 Å². The molecule has 6 nitrogen and oxygen atoms in total. The molecular formula is C23H27F3O6. The minimum absolute atomic E-state index is 0.0746. The highest BCUT2D eigenvalue weighted by atomic mass is 19.4. The monoisotopic (exact) mass is 456 g/mol. The third-order valence-corrected chi connectivity index (χ3v) is 5.30. The third-order valence-electron chi connectivity index (χ3n) is 5.30. The van der Waals surface area contributed by atoms with Crippen LogP contribution in [0, 0.1) is 11.8 Å². The fourth-order valence-electron chi connectivity index (χ4n) is 3.63. The van der Waals surface area contributed by atoms with E-state index in [4.69, 9.17) is 9.84 Å². The molecule has 0 aromatic heterocycles. The Bertz CT molecular complexity index is 833. The number of benzene rings is 1. The highest BCUT2D eigenvalue weighted by Crippen LogP contribution is 2.36. The van der Waals surface area contributed by atoms with Crippen molar-refractivity contribution in [1.82, 2.24) is 0 Å². The molecule has 9 heteroatoms. The maximum absolute atomic E-state index is 12.7. The molecule has 1 fully saturated rings. The van der Waals surface area contributed by atoms with E-state index in [9.17, 15) is 33.0 Å². The zero-order chi connectivity index (χ0) is 23.7. The number of allylic oxidation sites excluding steroid dienone is 2. The van der Waals surface area contributed by atoms with Crippen molar-refractivity contribution in [1.29, 1.82) is 0 Å². The van der Waals surface area contributed by atoms with Crippen molar-refractivity contribution < 1.29 is 42.8 Å². The Morgan fingerprint density at radius 2 is 1.91 bits per heavy atom. The highest BCUT2D eigenvalue weighted by molar-refractivity contribution is 5.91. The molecule has 0 amide bonds. The van der Waals surface area contributed by atoms with Crippen LogP contribution in [0.2, 0.25) is 0 Å². The molecule has 2 rings (SSSR count). The van der Waals surface area contributed by atoms with Gasteiger partial charge >= 0.3 is 12.1 Å². The van der Waals surface area contributed by atoms with E-state index in [1.807, 2.05) is 12.2 Å². The number of carbonyl (C=O) groups is 2. The van der Waals surface area contributed by atoms with Gasteiger partial charge in [-0.2, -0.15) is 13.2 Å². The second kappa shape index (κ2) is 11.8. The highest BCUT2D eigenvalue weighted by Gasteiger charge is 2.39. The van der Waals surface area contributed by atoms with Crippen LogP contribution in [0.1, 0.15) is 37.7 Å². The van der Waals surface area contributed by atoms with Gasteiger partial charge in [-0.25, -0.2) is 0 Å². The average molecular weight is 456 g/mol. The molecule has 0 unspecified atom stereocenters. The molecule has 1 aromatic rings. The van der Waals surface area contributed by atoms with Crippen LogP contribution < -0.4 is 4.74 Å². The van der Waals surface area contributed by atoms with Gasteiger partial charge < -0.3 is 20.1 Å². The van der Waals surface area contributed by atoms with Crippen LogP contribution in [-0.2, 0) is 15.8 Å². The van der Waals surface area contributed by atoms with Gasteiger partial charge in [0.15, 0.2) is 12.4 Å². The summed E-state index contributed by atoms with van der Waals surface area (Å²) < 4.78 is 43.4. The summed E-state index contributed by atoms with van der Waals surface area (Å²) in [7, 11) is 0. The Labute approximate surface area is 184 Å². The normalized spacial score (nSPS) is 23.8. The molecule has 32 heavy (non-hydrogen) atoms. The number of hydrogen-bond donors (Lipinski definition) is 3. The van der Waals surface area contributed by atoms with E-state index >= 15 is 0 Å². The lowest BCUT2D eigenvalue weighted by molar-refractivity contribution is -0.138. The smallest absolute Gasteiger partial charge is 0.416 e. The maximum Gasteiger partial charge on any atom is 0.416 e. The molecule has 1 aromatic carbocycles. The summed E-state index contributed by atoms with van der Waals surface area (Å²) in [4.78, 5) is 22.6. The molecule has 0 bridgehead atoms. The fraction of sp³-hybridized carbons (Fsp3) is 0.478. The zero-order valence-corrected chi connectivity index (χ0v) is 17.4. The predicted molar refractivity (Wildman–Crippen MR) is 110 cm³/mol. The first-order valence-corrected chi connectivity index (χ1v) is 10.3. The van der Waals surface area contributed by atoms with Crippen LogP contribution in [0.4, 0.5) is 13.2 Å². The number of carboxylic acid groups (broad SMARTS) is 1. The lowest BCUT2D eigenvalue weighted by Gasteiger charge is -2.19. The second-order valence-corrected chi connectivity index (χ2v) is 7.74. The van der Waals surface area contributed by atoms with Crippen molar-refractivity contribution in [3.8, 4) is 5.75 Å². The van der Waals surface area contributed by atoms with Crippen molar-refractivity contribution >= 4 is 11.8 Å². The molecule has 0 radical (unpaired) electrons. The van der Waals surface area contributed by atoms with E-state index in [1.165, 1.54) is 24.3 Å². The Morgan fingerprint density at radius 3 is 2.59 bits per heavy atom. The van der Waals surface area contributed by atoms with Gasteiger partial charge in [-0.3, -0.25) is 9.59 Å². The summed E-state index contributed by atoms with van der Waals surface area (Å²) >= 11 is 0. The van der Waals surface area contributed by atoms with E-state index in [0.717, 1.165) is 12.1 Å². The minimum atomic E-state index is -4.51. The molecule has 0 spiro atoms. The largest absolute Gasteiger partial charge is 0.485 e. The standard InChI is InChI=1S/C23H27F3O6/c24-23(25,26)15-6-5-7-17(12-15)32-14-16(27)10-11-19-18(20(28)13-21(19)29)8-3-1-2-4-9-22(30)31/h1,3,5-7,10-12,18-21,28-29H,2,4,8-9,13-14H2,(H,30,31)/b3-1-,11-10+/t18-,19-,20+,21-/m1/s1. The van der Waals surface area contributed by atoms with Gasteiger partial charge in [0.2, 0.25) is 0 Å². The molecular weight excluding hydrogens is 429 g/mol. The first-order chi connectivity index (χ1) is 15.1. The number of hydrogen-bond acceptors (Lipinski definition) is 5. The van der Waals surface area contributed by atoms with E-state index in [0.29, 0.717) is 19.3 Å². The van der Waals surface area contributed by atoms with E-state index in [-0.39, 0.29) is 24.5 Å². The number of ether oxygens (including phenoxy) is 1. The summed E-state index contributed by atoms with van der Waals surface area (Å²) in [5.41, 5.74) is -0.875. The lowest BCUT2D eigenvalue weighted by atomic mass is 9.89. The van der Waals surface area contributed by atoms with Gasteiger partial charge in [0.25, 0.3) is 0 Å². The maximum atomic E-state index is 12.7. The number of rotatable bonds is 11. The van der Waals surface area contributed by atoms with Crippen molar-refractivity contribution in [3.63, 3.8) is 0 Å².